The minimum Gasteiger partial charge on any atom is -0.487 e. The summed E-state index contributed by atoms with van der Waals surface area (Å²) < 4.78 is 11.2. The molecule has 0 spiro atoms. The third-order valence-corrected chi connectivity index (χ3v) is 3.61. The second-order valence-electron chi connectivity index (χ2n) is 5.29. The van der Waals surface area contributed by atoms with Crippen LogP contribution in [0.2, 0.25) is 0 Å². The molecule has 0 aliphatic rings. The Morgan fingerprint density at radius 2 is 1.83 bits per heavy atom. The first-order chi connectivity index (χ1) is 11.3. The molecule has 0 saturated carbocycles. The number of benzene rings is 2. The zero-order valence-corrected chi connectivity index (χ0v) is 13.0. The molecule has 0 radical (unpaired) electrons. The molecule has 4 nitrogen and oxygen atoms in total. The fraction of sp³-hybridized carbons (Fsp3) is 0.211. The molecule has 0 aliphatic heterocycles. The highest BCUT2D eigenvalue weighted by molar-refractivity contribution is 5.52. The van der Waals surface area contributed by atoms with Gasteiger partial charge in [-0.15, -0.1) is 0 Å². The smallest absolute Gasteiger partial charge is 0.226 e. The predicted molar refractivity (Wildman–Crippen MR) is 88.0 cm³/mol. The van der Waals surface area contributed by atoms with Crippen LogP contribution in [0.4, 0.5) is 0 Å². The van der Waals surface area contributed by atoms with Gasteiger partial charge in [-0.3, -0.25) is 0 Å². The summed E-state index contributed by atoms with van der Waals surface area (Å²) in [7, 11) is 0. The van der Waals surface area contributed by atoms with Crippen molar-refractivity contribution in [3.05, 3.63) is 72.1 Å². The van der Waals surface area contributed by atoms with Crippen LogP contribution in [0.1, 0.15) is 30.7 Å². The van der Waals surface area contributed by atoms with Crippen LogP contribution in [0.15, 0.2) is 65.3 Å². The number of ether oxygens (including phenoxy) is 1. The second kappa shape index (κ2) is 7.11. The number of nitrogens with zero attached hydrogens (tertiary/aromatic N) is 1. The summed E-state index contributed by atoms with van der Waals surface area (Å²) in [5.74, 6) is 1.33. The van der Waals surface area contributed by atoms with Gasteiger partial charge in [-0.1, -0.05) is 37.3 Å². The van der Waals surface area contributed by atoms with Crippen molar-refractivity contribution in [1.29, 1.82) is 0 Å². The molecule has 0 bridgehead atoms. The van der Waals surface area contributed by atoms with E-state index in [0.29, 0.717) is 18.9 Å². The van der Waals surface area contributed by atoms with Crippen LogP contribution < -0.4 is 4.74 Å². The highest BCUT2D eigenvalue weighted by atomic mass is 16.5. The first-order valence-electron chi connectivity index (χ1n) is 7.67. The van der Waals surface area contributed by atoms with Crippen LogP contribution in [-0.4, -0.2) is 10.1 Å². The molecule has 2 aromatic carbocycles. The van der Waals surface area contributed by atoms with Crippen molar-refractivity contribution in [3.63, 3.8) is 0 Å². The number of hydrogen-bond acceptors (Lipinski definition) is 4. The van der Waals surface area contributed by atoms with Gasteiger partial charge in [0.25, 0.3) is 0 Å². The van der Waals surface area contributed by atoms with Crippen LogP contribution in [0.5, 0.6) is 5.75 Å². The standard InChI is InChI=1S/C19H19NO3/c1-2-18(21)14-8-10-17(11-9-14)22-12-16-13-23-19(20-16)15-6-4-3-5-7-15/h3-11,13,18,21H,2,12H2,1H3. The van der Waals surface area contributed by atoms with Gasteiger partial charge in [0.15, 0.2) is 0 Å². The van der Waals surface area contributed by atoms with E-state index in [4.69, 9.17) is 9.15 Å². The van der Waals surface area contributed by atoms with Gasteiger partial charge in [-0.2, -0.15) is 0 Å². The van der Waals surface area contributed by atoms with Gasteiger partial charge in [0.05, 0.1) is 6.10 Å². The zero-order chi connectivity index (χ0) is 16.1. The van der Waals surface area contributed by atoms with Crippen LogP contribution in [0.3, 0.4) is 0 Å². The maximum atomic E-state index is 9.78. The number of aliphatic hydroxyl groups is 1. The van der Waals surface area contributed by atoms with Gasteiger partial charge in [-0.25, -0.2) is 4.98 Å². The predicted octanol–water partition coefficient (Wildman–Crippen LogP) is 4.36. The molecule has 4 heteroatoms. The van der Waals surface area contributed by atoms with Crippen LogP contribution in [0.25, 0.3) is 11.5 Å². The fourth-order valence-electron chi connectivity index (χ4n) is 2.27. The Labute approximate surface area is 135 Å². The van der Waals surface area contributed by atoms with Gasteiger partial charge < -0.3 is 14.3 Å². The summed E-state index contributed by atoms with van der Waals surface area (Å²) >= 11 is 0. The minimum absolute atomic E-state index is 0.339. The Balaban J connectivity index is 1.62. The number of oxazole rings is 1. The lowest BCUT2D eigenvalue weighted by atomic mass is 10.1. The van der Waals surface area contributed by atoms with Gasteiger partial charge in [-0.05, 0) is 36.2 Å². The third-order valence-electron chi connectivity index (χ3n) is 3.61. The lowest BCUT2D eigenvalue weighted by Gasteiger charge is -2.09. The zero-order valence-electron chi connectivity index (χ0n) is 13.0. The Morgan fingerprint density at radius 3 is 2.52 bits per heavy atom. The van der Waals surface area contributed by atoms with E-state index in [1.165, 1.54) is 0 Å². The van der Waals surface area contributed by atoms with Crippen molar-refractivity contribution in [1.82, 2.24) is 4.98 Å². The van der Waals surface area contributed by atoms with E-state index in [0.717, 1.165) is 22.6 Å². The van der Waals surface area contributed by atoms with Crippen molar-refractivity contribution in [2.24, 2.45) is 0 Å². The van der Waals surface area contributed by atoms with Crippen molar-refractivity contribution in [2.45, 2.75) is 26.1 Å². The van der Waals surface area contributed by atoms with Gasteiger partial charge in [0.1, 0.15) is 24.3 Å². The molecule has 1 heterocycles. The molecular weight excluding hydrogens is 290 g/mol. The van der Waals surface area contributed by atoms with Crippen LogP contribution in [-0.2, 0) is 6.61 Å². The summed E-state index contributed by atoms with van der Waals surface area (Å²) in [6.07, 6.45) is 1.88. The lowest BCUT2D eigenvalue weighted by Crippen LogP contribution is -1.98. The second-order valence-corrected chi connectivity index (χ2v) is 5.29. The van der Waals surface area contributed by atoms with Crippen molar-refractivity contribution in [2.75, 3.05) is 0 Å². The Kier molecular flexibility index (Phi) is 4.74. The third kappa shape index (κ3) is 3.79. The van der Waals surface area contributed by atoms with E-state index in [1.54, 1.807) is 6.26 Å². The van der Waals surface area contributed by atoms with Crippen LogP contribution >= 0.6 is 0 Å². The first-order valence-corrected chi connectivity index (χ1v) is 7.67. The molecule has 118 valence electrons. The highest BCUT2D eigenvalue weighted by Crippen LogP contribution is 2.21. The molecule has 0 amide bonds. The van der Waals surface area contributed by atoms with Crippen LogP contribution in [0, 0.1) is 0 Å². The number of rotatable bonds is 6. The molecule has 0 aliphatic carbocycles. The quantitative estimate of drug-likeness (QED) is 0.735. The maximum Gasteiger partial charge on any atom is 0.226 e. The van der Waals surface area contributed by atoms with E-state index in [9.17, 15) is 5.11 Å². The van der Waals surface area contributed by atoms with E-state index < -0.39 is 6.10 Å². The molecule has 3 rings (SSSR count). The first kappa shape index (κ1) is 15.3. The molecule has 1 N–H and O–H groups in total. The average Bonchev–Trinajstić information content (AvgIpc) is 3.09. The maximum absolute atomic E-state index is 9.78. The van der Waals surface area contributed by atoms with Gasteiger partial charge in [0, 0.05) is 5.56 Å². The van der Waals surface area contributed by atoms with E-state index in [2.05, 4.69) is 4.98 Å². The largest absolute Gasteiger partial charge is 0.487 e. The summed E-state index contributed by atoms with van der Waals surface area (Å²) in [6, 6.07) is 17.2. The summed E-state index contributed by atoms with van der Waals surface area (Å²) in [5.41, 5.74) is 2.57. The molecule has 23 heavy (non-hydrogen) atoms. The van der Waals surface area contributed by atoms with E-state index >= 15 is 0 Å². The monoisotopic (exact) mass is 309 g/mol. The topological polar surface area (TPSA) is 55.5 Å². The average molecular weight is 309 g/mol. The minimum atomic E-state index is -0.423. The Bertz CT molecular complexity index is 735. The van der Waals surface area contributed by atoms with Crippen molar-refractivity contribution >= 4 is 0 Å². The van der Waals surface area contributed by atoms with Crippen molar-refractivity contribution in [3.8, 4) is 17.2 Å². The Morgan fingerprint density at radius 1 is 1.09 bits per heavy atom. The van der Waals surface area contributed by atoms with E-state index in [1.807, 2.05) is 61.5 Å². The molecule has 0 saturated heterocycles. The van der Waals surface area contributed by atoms with Gasteiger partial charge in [0.2, 0.25) is 5.89 Å². The number of hydrogen-bond donors (Lipinski definition) is 1. The number of aromatic nitrogens is 1. The molecule has 3 aromatic rings. The Hall–Kier alpha value is -2.59. The highest BCUT2D eigenvalue weighted by Gasteiger charge is 2.08. The number of aliphatic hydroxyl groups excluding tert-OH is 1. The van der Waals surface area contributed by atoms with Crippen molar-refractivity contribution < 1.29 is 14.3 Å². The molecule has 0 fully saturated rings. The molecule has 1 unspecified atom stereocenters. The fourth-order valence-corrected chi connectivity index (χ4v) is 2.27. The SMILES string of the molecule is CCC(O)c1ccc(OCc2coc(-c3ccccc3)n2)cc1. The molecular formula is C19H19NO3. The molecule has 1 atom stereocenters. The lowest BCUT2D eigenvalue weighted by molar-refractivity contribution is 0.173. The molecule has 1 aromatic heterocycles. The van der Waals surface area contributed by atoms with Gasteiger partial charge >= 0.3 is 0 Å². The summed E-state index contributed by atoms with van der Waals surface area (Å²) in [5, 5.41) is 9.78. The summed E-state index contributed by atoms with van der Waals surface area (Å²) in [4.78, 5) is 4.42. The summed E-state index contributed by atoms with van der Waals surface area (Å²) in [6.45, 7) is 2.29. The normalized spacial score (nSPS) is 12.1. The van der Waals surface area contributed by atoms with E-state index in [-0.39, 0.29) is 0 Å².